The fourth-order valence-corrected chi connectivity index (χ4v) is 3.00. The Morgan fingerprint density at radius 1 is 1.15 bits per heavy atom. The molecule has 2 N–H and O–H groups in total. The van der Waals surface area contributed by atoms with Crippen molar-refractivity contribution in [1.82, 2.24) is 4.72 Å². The molecule has 142 valence electrons. The van der Waals surface area contributed by atoms with Crippen LogP contribution >= 0.6 is 0 Å². The Hall–Kier alpha value is -2.96. The molecule has 0 bridgehead atoms. The van der Waals surface area contributed by atoms with E-state index in [0.717, 1.165) is 12.1 Å². The molecule has 2 aromatic rings. The average molecular weight is 394 g/mol. The van der Waals surface area contributed by atoms with Crippen LogP contribution in [0.5, 0.6) is 5.75 Å². The minimum absolute atomic E-state index is 0.0282. The summed E-state index contributed by atoms with van der Waals surface area (Å²) in [6.07, 6.45) is 0. The molecule has 1 amide bonds. The molecule has 0 unspecified atom stereocenters. The summed E-state index contributed by atoms with van der Waals surface area (Å²) in [5.41, 5.74) is 0.567. The molecular formula is C18H16F2N2O4S. The fraction of sp³-hybridized carbons (Fsp3) is 0.167. The minimum Gasteiger partial charge on any atom is -0.481 e. The number of hydrogen-bond donors (Lipinski definition) is 2. The third-order valence-electron chi connectivity index (χ3n) is 3.12. The monoisotopic (exact) mass is 394 g/mol. The zero-order valence-corrected chi connectivity index (χ0v) is 15.1. The summed E-state index contributed by atoms with van der Waals surface area (Å²) in [5, 5.41) is 2.61. The first kappa shape index (κ1) is 20.4. The highest BCUT2D eigenvalue weighted by Gasteiger charge is 2.18. The van der Waals surface area contributed by atoms with Crippen molar-refractivity contribution in [2.45, 2.75) is 11.8 Å². The maximum Gasteiger partial charge on any atom is 0.244 e. The predicted molar refractivity (Wildman–Crippen MR) is 95.6 cm³/mol. The lowest BCUT2D eigenvalue weighted by atomic mass is 10.3. The first-order valence-corrected chi connectivity index (χ1v) is 9.17. The molecule has 0 saturated heterocycles. The smallest absolute Gasteiger partial charge is 0.244 e. The molecule has 6 nitrogen and oxygen atoms in total. The van der Waals surface area contributed by atoms with Crippen molar-refractivity contribution in [2.24, 2.45) is 0 Å². The van der Waals surface area contributed by atoms with E-state index in [2.05, 4.69) is 21.9 Å². The van der Waals surface area contributed by atoms with E-state index in [-0.39, 0.29) is 19.1 Å². The minimum atomic E-state index is -4.22. The summed E-state index contributed by atoms with van der Waals surface area (Å²) in [6.45, 7) is 1.06. The normalized spacial score (nSPS) is 10.6. The molecule has 2 rings (SSSR count). The molecule has 0 spiro atoms. The molecule has 0 fully saturated rings. The van der Waals surface area contributed by atoms with Crippen LogP contribution in [-0.2, 0) is 14.8 Å². The van der Waals surface area contributed by atoms with Crippen LogP contribution in [-0.4, -0.2) is 27.5 Å². The quantitative estimate of drug-likeness (QED) is 0.737. The lowest BCUT2D eigenvalue weighted by Crippen LogP contribution is -2.25. The molecule has 2 aromatic carbocycles. The van der Waals surface area contributed by atoms with Crippen LogP contribution in [0.1, 0.15) is 6.92 Å². The number of carbonyl (C=O) groups excluding carboxylic acids is 1. The summed E-state index contributed by atoms with van der Waals surface area (Å²) >= 11 is 0. The molecule has 0 aromatic heterocycles. The van der Waals surface area contributed by atoms with E-state index in [1.54, 1.807) is 24.3 Å². The second kappa shape index (κ2) is 9.12. The highest BCUT2D eigenvalue weighted by molar-refractivity contribution is 7.89. The van der Waals surface area contributed by atoms with Gasteiger partial charge in [0.2, 0.25) is 15.9 Å². The average Bonchev–Trinajstić information content (AvgIpc) is 2.59. The Kier molecular flexibility index (Phi) is 6.87. The number of halogens is 2. The number of ether oxygens (including phenoxy) is 1. The van der Waals surface area contributed by atoms with Crippen LogP contribution in [0.4, 0.5) is 14.5 Å². The Morgan fingerprint density at radius 3 is 2.67 bits per heavy atom. The second-order valence-corrected chi connectivity index (χ2v) is 6.99. The van der Waals surface area contributed by atoms with E-state index < -0.39 is 26.6 Å². The van der Waals surface area contributed by atoms with E-state index >= 15 is 0 Å². The summed E-state index contributed by atoms with van der Waals surface area (Å²) in [5.74, 6) is 3.44. The number of benzene rings is 2. The van der Waals surface area contributed by atoms with Gasteiger partial charge in [0.05, 0.1) is 6.54 Å². The summed E-state index contributed by atoms with van der Waals surface area (Å²) in [6, 6.07) is 8.82. The maximum atomic E-state index is 13.5. The third-order valence-corrected chi connectivity index (χ3v) is 4.54. The van der Waals surface area contributed by atoms with E-state index in [0.29, 0.717) is 17.5 Å². The largest absolute Gasteiger partial charge is 0.481 e. The van der Waals surface area contributed by atoms with Gasteiger partial charge in [0.25, 0.3) is 0 Å². The van der Waals surface area contributed by atoms with Crippen LogP contribution in [0.15, 0.2) is 47.4 Å². The molecule has 0 saturated carbocycles. The van der Waals surface area contributed by atoms with Crippen molar-refractivity contribution >= 4 is 21.6 Å². The van der Waals surface area contributed by atoms with Gasteiger partial charge in [-0.15, -0.1) is 0 Å². The van der Waals surface area contributed by atoms with Gasteiger partial charge in [0.1, 0.15) is 28.9 Å². The molecule has 27 heavy (non-hydrogen) atoms. The van der Waals surface area contributed by atoms with Crippen LogP contribution in [0, 0.1) is 23.5 Å². The van der Waals surface area contributed by atoms with Crippen molar-refractivity contribution in [2.75, 3.05) is 18.5 Å². The zero-order valence-electron chi connectivity index (χ0n) is 14.3. The Bertz CT molecular complexity index is 998. The van der Waals surface area contributed by atoms with Gasteiger partial charge in [0.15, 0.2) is 0 Å². The van der Waals surface area contributed by atoms with E-state index in [9.17, 15) is 22.0 Å². The topological polar surface area (TPSA) is 84.5 Å². The molecule has 0 aliphatic carbocycles. The summed E-state index contributed by atoms with van der Waals surface area (Å²) in [4.78, 5) is 10.2. The highest BCUT2D eigenvalue weighted by Crippen LogP contribution is 2.17. The van der Waals surface area contributed by atoms with Crippen LogP contribution in [0.2, 0.25) is 0 Å². The van der Waals surface area contributed by atoms with Gasteiger partial charge in [-0.2, -0.15) is 4.72 Å². The van der Waals surface area contributed by atoms with Crippen molar-refractivity contribution in [3.63, 3.8) is 0 Å². The fourth-order valence-electron chi connectivity index (χ4n) is 1.99. The first-order chi connectivity index (χ1) is 12.8. The number of amides is 1. The number of nitrogens with one attached hydrogen (secondary N) is 2. The lowest BCUT2D eigenvalue weighted by Gasteiger charge is -2.06. The van der Waals surface area contributed by atoms with Gasteiger partial charge in [-0.1, -0.05) is 17.9 Å². The number of anilines is 1. The van der Waals surface area contributed by atoms with Crippen LogP contribution in [0.3, 0.4) is 0 Å². The van der Waals surface area contributed by atoms with Crippen molar-refractivity contribution < 1.29 is 26.7 Å². The molecule has 0 aliphatic rings. The number of rotatable bonds is 6. The predicted octanol–water partition coefficient (Wildman–Crippen LogP) is 2.28. The summed E-state index contributed by atoms with van der Waals surface area (Å²) < 4.78 is 57.9. The highest BCUT2D eigenvalue weighted by atomic mass is 32.2. The van der Waals surface area contributed by atoms with Gasteiger partial charge >= 0.3 is 0 Å². The molecule has 0 heterocycles. The van der Waals surface area contributed by atoms with E-state index in [1.165, 1.54) is 6.92 Å². The van der Waals surface area contributed by atoms with Crippen molar-refractivity contribution in [3.8, 4) is 17.6 Å². The Morgan fingerprint density at radius 2 is 1.93 bits per heavy atom. The molecule has 0 radical (unpaired) electrons. The zero-order chi connectivity index (χ0) is 19.9. The molecule has 0 atom stereocenters. The van der Waals surface area contributed by atoms with E-state index in [4.69, 9.17) is 4.74 Å². The SMILES string of the molecule is CC(=O)Nc1cccc(OCC#CCNS(=O)(=O)c2cc(F)ccc2F)c1. The Balaban J connectivity index is 1.87. The number of hydrogen-bond acceptors (Lipinski definition) is 4. The van der Waals surface area contributed by atoms with Crippen molar-refractivity contribution in [1.29, 1.82) is 0 Å². The van der Waals surface area contributed by atoms with Gasteiger partial charge in [-0.05, 0) is 30.3 Å². The molecule has 0 aliphatic heterocycles. The van der Waals surface area contributed by atoms with Gasteiger partial charge in [-0.25, -0.2) is 17.2 Å². The molecule has 9 heteroatoms. The summed E-state index contributed by atoms with van der Waals surface area (Å²) in [7, 11) is -4.22. The third kappa shape index (κ3) is 6.36. The van der Waals surface area contributed by atoms with Crippen molar-refractivity contribution in [3.05, 3.63) is 54.1 Å². The van der Waals surface area contributed by atoms with Gasteiger partial charge in [0, 0.05) is 18.7 Å². The van der Waals surface area contributed by atoms with Crippen LogP contribution < -0.4 is 14.8 Å². The second-order valence-electron chi connectivity index (χ2n) is 5.25. The molecular weight excluding hydrogens is 378 g/mol. The number of carbonyl (C=O) groups is 1. The maximum absolute atomic E-state index is 13.5. The first-order valence-electron chi connectivity index (χ1n) is 7.69. The standard InChI is InChI=1S/C18H16F2N2O4S/c1-13(23)22-15-5-4-6-16(12-15)26-10-3-2-9-21-27(24,25)18-11-14(19)7-8-17(18)20/h4-8,11-12,21H,9-10H2,1H3,(H,22,23). The lowest BCUT2D eigenvalue weighted by molar-refractivity contribution is -0.114. The van der Waals surface area contributed by atoms with E-state index in [1.807, 2.05) is 0 Å². The Labute approximate surface area is 155 Å². The van der Waals surface area contributed by atoms with Gasteiger partial charge in [-0.3, -0.25) is 4.79 Å². The van der Waals surface area contributed by atoms with Gasteiger partial charge < -0.3 is 10.1 Å². The number of sulfonamides is 1. The van der Waals surface area contributed by atoms with Crippen LogP contribution in [0.25, 0.3) is 0 Å².